The van der Waals surface area contributed by atoms with E-state index in [9.17, 15) is 14.7 Å². The Morgan fingerprint density at radius 3 is 2.31 bits per heavy atom. The quantitative estimate of drug-likeness (QED) is 0.297. The van der Waals surface area contributed by atoms with Crippen LogP contribution in [0.1, 0.15) is 18.4 Å². The van der Waals surface area contributed by atoms with Gasteiger partial charge < -0.3 is 15.7 Å². The first-order chi connectivity index (χ1) is 13.8. The molecular weight excluding hydrogens is 410 g/mol. The Balaban J connectivity index is 1.63. The van der Waals surface area contributed by atoms with Crippen molar-refractivity contribution in [3.8, 4) is 5.75 Å². The Kier molecular flexibility index (Phi) is 5.06. The molecular formula is C21H20ClN3O3S. The molecule has 3 N–H and O–H groups in total. The van der Waals surface area contributed by atoms with Crippen LogP contribution < -0.4 is 21.5 Å². The van der Waals surface area contributed by atoms with Gasteiger partial charge in [-0.25, -0.2) is 0 Å². The lowest BCUT2D eigenvalue weighted by atomic mass is 10.0. The van der Waals surface area contributed by atoms with Crippen molar-refractivity contribution in [1.82, 2.24) is 4.31 Å². The molecule has 0 aromatic heterocycles. The van der Waals surface area contributed by atoms with Gasteiger partial charge in [0.1, 0.15) is 11.4 Å². The number of benzene rings is 2. The number of aromatic hydroxyl groups is 1. The molecule has 0 spiro atoms. The number of phenolic OH excluding ortho intramolecular Hbond substituents is 1. The van der Waals surface area contributed by atoms with Crippen molar-refractivity contribution >= 4 is 40.6 Å². The Morgan fingerprint density at radius 1 is 1.03 bits per heavy atom. The van der Waals surface area contributed by atoms with Gasteiger partial charge in [0.15, 0.2) is 5.75 Å². The third-order valence-corrected chi connectivity index (χ3v) is 6.36. The predicted octanol–water partition coefficient (Wildman–Crippen LogP) is 4.06. The highest BCUT2D eigenvalue weighted by Crippen LogP contribution is 2.49. The first kappa shape index (κ1) is 19.8. The molecule has 150 valence electrons. The zero-order valence-electron chi connectivity index (χ0n) is 16.0. The normalized spacial score (nSPS) is 14.9. The van der Waals surface area contributed by atoms with Crippen LogP contribution >= 0.6 is 23.5 Å². The standard InChI is InChI=1S/C21H20ClN3O3S/c1-25(2)29-20-13(22)8-9-14(17(20)26)23-15-16(19(28)18(15)27)24-21(10-11-21)12-6-4-3-5-7-12/h3-9,23-24,26H,10-11H2,1-2H3. The van der Waals surface area contributed by atoms with Gasteiger partial charge in [0.2, 0.25) is 0 Å². The fourth-order valence-corrected chi connectivity index (χ4v) is 4.26. The molecule has 0 saturated heterocycles. The molecule has 0 radical (unpaired) electrons. The minimum atomic E-state index is -0.604. The molecule has 8 heteroatoms. The lowest BCUT2D eigenvalue weighted by Crippen LogP contribution is -2.39. The zero-order chi connectivity index (χ0) is 20.8. The maximum atomic E-state index is 12.2. The fraction of sp³-hybridized carbons (Fsp3) is 0.238. The molecule has 0 heterocycles. The van der Waals surface area contributed by atoms with Crippen LogP contribution in [0.2, 0.25) is 5.02 Å². The molecule has 1 fully saturated rings. The van der Waals surface area contributed by atoms with E-state index in [1.54, 1.807) is 16.4 Å². The third-order valence-electron chi connectivity index (χ3n) is 4.97. The van der Waals surface area contributed by atoms with Crippen molar-refractivity contribution in [3.63, 3.8) is 0 Å². The van der Waals surface area contributed by atoms with Gasteiger partial charge in [-0.15, -0.1) is 0 Å². The van der Waals surface area contributed by atoms with Gasteiger partial charge in [0.25, 0.3) is 10.9 Å². The molecule has 6 nitrogen and oxygen atoms in total. The van der Waals surface area contributed by atoms with Crippen molar-refractivity contribution in [1.29, 1.82) is 0 Å². The highest BCUT2D eigenvalue weighted by Gasteiger charge is 2.46. The number of anilines is 3. The average molecular weight is 430 g/mol. The van der Waals surface area contributed by atoms with Gasteiger partial charge in [0, 0.05) is 0 Å². The predicted molar refractivity (Wildman–Crippen MR) is 118 cm³/mol. The van der Waals surface area contributed by atoms with E-state index >= 15 is 0 Å². The molecule has 0 bridgehead atoms. The monoisotopic (exact) mass is 429 g/mol. The van der Waals surface area contributed by atoms with E-state index in [0.717, 1.165) is 18.4 Å². The molecule has 0 aliphatic heterocycles. The lowest BCUT2D eigenvalue weighted by Gasteiger charge is -2.23. The molecule has 4 rings (SSSR count). The summed E-state index contributed by atoms with van der Waals surface area (Å²) in [5.41, 5.74) is 0.339. The van der Waals surface area contributed by atoms with Crippen molar-refractivity contribution in [2.45, 2.75) is 23.3 Å². The number of hydrogen-bond acceptors (Lipinski definition) is 7. The summed E-state index contributed by atoms with van der Waals surface area (Å²) >= 11 is 7.46. The van der Waals surface area contributed by atoms with Gasteiger partial charge in [-0.2, -0.15) is 0 Å². The molecule has 0 amide bonds. The second kappa shape index (κ2) is 7.40. The number of hydrogen-bond donors (Lipinski definition) is 3. The van der Waals surface area contributed by atoms with Crippen LogP contribution in [0.5, 0.6) is 5.75 Å². The number of nitrogens with zero attached hydrogens (tertiary/aromatic N) is 1. The van der Waals surface area contributed by atoms with Crippen LogP contribution in [0.4, 0.5) is 17.1 Å². The lowest BCUT2D eigenvalue weighted by molar-refractivity contribution is 0.464. The van der Waals surface area contributed by atoms with Gasteiger partial charge in [-0.05, 0) is 56.6 Å². The Morgan fingerprint density at radius 2 is 1.69 bits per heavy atom. The van der Waals surface area contributed by atoms with Crippen LogP contribution in [-0.4, -0.2) is 23.5 Å². The van der Waals surface area contributed by atoms with Gasteiger partial charge in [0.05, 0.1) is 21.1 Å². The second-order valence-electron chi connectivity index (χ2n) is 7.28. The van der Waals surface area contributed by atoms with Gasteiger partial charge in [-0.3, -0.25) is 13.9 Å². The van der Waals surface area contributed by atoms with E-state index in [2.05, 4.69) is 10.6 Å². The van der Waals surface area contributed by atoms with Crippen LogP contribution in [0.25, 0.3) is 0 Å². The molecule has 1 aliphatic carbocycles. The molecule has 3 aromatic rings. The molecule has 1 saturated carbocycles. The van der Waals surface area contributed by atoms with Crippen molar-refractivity contribution < 1.29 is 5.11 Å². The maximum absolute atomic E-state index is 12.2. The molecule has 0 atom stereocenters. The van der Waals surface area contributed by atoms with E-state index in [1.165, 1.54) is 11.9 Å². The van der Waals surface area contributed by atoms with Gasteiger partial charge >= 0.3 is 0 Å². The Hall–Kier alpha value is -2.48. The van der Waals surface area contributed by atoms with Crippen molar-refractivity contribution in [3.05, 3.63) is 73.5 Å². The topological polar surface area (TPSA) is 81.7 Å². The largest absolute Gasteiger partial charge is 0.505 e. The van der Waals surface area contributed by atoms with Crippen LogP contribution in [0, 0.1) is 0 Å². The summed E-state index contributed by atoms with van der Waals surface area (Å²) in [5.74, 6) is -0.0700. The first-order valence-electron chi connectivity index (χ1n) is 9.13. The summed E-state index contributed by atoms with van der Waals surface area (Å²) < 4.78 is 1.80. The Bertz CT molecular complexity index is 1140. The van der Waals surface area contributed by atoms with E-state index < -0.39 is 10.9 Å². The summed E-state index contributed by atoms with van der Waals surface area (Å²) in [4.78, 5) is 24.9. The summed E-state index contributed by atoms with van der Waals surface area (Å²) in [6.45, 7) is 0. The van der Waals surface area contributed by atoms with Crippen LogP contribution in [0.3, 0.4) is 0 Å². The summed E-state index contributed by atoms with van der Waals surface area (Å²) in [6.07, 6.45) is 1.76. The number of phenols is 1. The molecule has 0 unspecified atom stereocenters. The second-order valence-corrected chi connectivity index (χ2v) is 9.01. The fourth-order valence-electron chi connectivity index (χ4n) is 3.29. The minimum absolute atomic E-state index is 0.0700. The number of halogens is 1. The van der Waals surface area contributed by atoms with Crippen LogP contribution in [-0.2, 0) is 5.54 Å². The summed E-state index contributed by atoms with van der Waals surface area (Å²) in [5, 5.41) is 17.2. The van der Waals surface area contributed by atoms with E-state index in [0.29, 0.717) is 15.6 Å². The van der Waals surface area contributed by atoms with Crippen LogP contribution in [0.15, 0.2) is 56.9 Å². The zero-order valence-corrected chi connectivity index (χ0v) is 17.5. The average Bonchev–Trinajstić information content (AvgIpc) is 3.50. The summed E-state index contributed by atoms with van der Waals surface area (Å²) in [7, 11) is 3.66. The highest BCUT2D eigenvalue weighted by molar-refractivity contribution is 7.97. The minimum Gasteiger partial charge on any atom is -0.505 e. The maximum Gasteiger partial charge on any atom is 0.253 e. The first-order valence-corrected chi connectivity index (χ1v) is 10.3. The van der Waals surface area contributed by atoms with Gasteiger partial charge in [-0.1, -0.05) is 41.9 Å². The smallest absolute Gasteiger partial charge is 0.253 e. The molecule has 29 heavy (non-hydrogen) atoms. The van der Waals surface area contributed by atoms with E-state index in [4.69, 9.17) is 11.6 Å². The van der Waals surface area contributed by atoms with E-state index in [-0.39, 0.29) is 22.7 Å². The van der Waals surface area contributed by atoms with Crippen molar-refractivity contribution in [2.75, 3.05) is 24.7 Å². The molecule has 1 aliphatic rings. The SMILES string of the molecule is CN(C)Sc1c(Cl)ccc(Nc2c(NC3(c4ccccc4)CC3)c(=O)c2=O)c1O. The van der Waals surface area contributed by atoms with E-state index in [1.807, 2.05) is 44.4 Å². The Labute approximate surface area is 177 Å². The summed E-state index contributed by atoms with van der Waals surface area (Å²) in [6, 6.07) is 13.1. The number of nitrogens with one attached hydrogen (secondary N) is 2. The highest BCUT2D eigenvalue weighted by atomic mass is 35.5. The number of rotatable bonds is 7. The molecule has 3 aromatic carbocycles. The van der Waals surface area contributed by atoms with Crippen molar-refractivity contribution in [2.24, 2.45) is 0 Å². The third kappa shape index (κ3) is 3.61.